The van der Waals surface area contributed by atoms with Crippen molar-refractivity contribution >= 4 is 39.3 Å². The number of carbonyl (C=O) groups excluding carboxylic acids is 1. The summed E-state index contributed by atoms with van der Waals surface area (Å²) in [6, 6.07) is 1.65. The fourth-order valence-corrected chi connectivity index (χ4v) is 5.88. The molecule has 2 N–H and O–H groups in total. The molecule has 4 unspecified atom stereocenters. The molecule has 0 bridgehead atoms. The van der Waals surface area contributed by atoms with Crippen molar-refractivity contribution in [2.24, 2.45) is 17.8 Å². The normalized spacial score (nSPS) is 30.2. The van der Waals surface area contributed by atoms with Crippen LogP contribution in [-0.2, 0) is 14.8 Å². The number of carbonyl (C=O) groups is 1. The maximum atomic E-state index is 12.7. The third-order valence-electron chi connectivity index (χ3n) is 6.52. The number of nitrogens with zero attached hydrogens (tertiary/aromatic N) is 3. The number of alkyl halides is 1. The van der Waals surface area contributed by atoms with Crippen molar-refractivity contribution in [1.29, 1.82) is 0 Å². The monoisotopic (exact) mass is 455 g/mol. The van der Waals surface area contributed by atoms with Gasteiger partial charge in [0.25, 0.3) is 0 Å². The van der Waals surface area contributed by atoms with E-state index in [1.54, 1.807) is 12.3 Å². The Kier molecular flexibility index (Phi) is 6.12. The van der Waals surface area contributed by atoms with E-state index in [0.717, 1.165) is 38.5 Å². The summed E-state index contributed by atoms with van der Waals surface area (Å²) >= 11 is 6.35. The maximum Gasteiger partial charge on any atom is 0.233 e. The molecule has 2 aliphatic carbocycles. The SMILES string of the molecule is C[C@H](Nc1nccc(N(CC2CC2)S(C)(=O)=O)n1)C1CC2CC(Cl)CCC2NC1=O. The Morgan fingerprint density at radius 3 is 2.77 bits per heavy atom. The van der Waals surface area contributed by atoms with Crippen molar-refractivity contribution in [3.63, 3.8) is 0 Å². The second-order valence-corrected chi connectivity index (χ2v) is 11.6. The molecule has 1 aromatic rings. The Bertz CT molecular complexity index is 894. The molecule has 30 heavy (non-hydrogen) atoms. The van der Waals surface area contributed by atoms with Crippen molar-refractivity contribution in [3.05, 3.63) is 12.3 Å². The zero-order chi connectivity index (χ0) is 21.5. The predicted octanol–water partition coefficient (Wildman–Crippen LogP) is 2.37. The molecule has 1 saturated heterocycles. The molecule has 10 heteroatoms. The lowest BCUT2D eigenvalue weighted by atomic mass is 9.74. The summed E-state index contributed by atoms with van der Waals surface area (Å²) in [6.45, 7) is 2.39. The first-order valence-electron chi connectivity index (χ1n) is 10.7. The Balaban J connectivity index is 1.46. The highest BCUT2D eigenvalue weighted by Crippen LogP contribution is 2.37. The van der Waals surface area contributed by atoms with Gasteiger partial charge in [-0.25, -0.2) is 13.4 Å². The number of piperidine rings is 1. The Morgan fingerprint density at radius 1 is 1.30 bits per heavy atom. The lowest BCUT2D eigenvalue weighted by Crippen LogP contribution is -2.55. The molecule has 8 nitrogen and oxygen atoms in total. The van der Waals surface area contributed by atoms with Gasteiger partial charge in [0, 0.05) is 36.3 Å². The topological polar surface area (TPSA) is 104 Å². The van der Waals surface area contributed by atoms with Crippen molar-refractivity contribution in [2.75, 3.05) is 22.4 Å². The molecule has 4 rings (SSSR count). The fourth-order valence-electron chi connectivity index (χ4n) is 4.61. The van der Waals surface area contributed by atoms with Crippen molar-refractivity contribution in [2.45, 2.75) is 62.9 Å². The molecule has 1 amide bonds. The van der Waals surface area contributed by atoms with E-state index in [4.69, 9.17) is 11.6 Å². The number of fused-ring (bicyclic) bond motifs is 1. The highest BCUT2D eigenvalue weighted by molar-refractivity contribution is 7.92. The summed E-state index contributed by atoms with van der Waals surface area (Å²) in [7, 11) is -3.43. The van der Waals surface area contributed by atoms with Crippen LogP contribution in [0, 0.1) is 17.8 Å². The van der Waals surface area contributed by atoms with E-state index in [1.165, 1.54) is 10.6 Å². The summed E-state index contributed by atoms with van der Waals surface area (Å²) in [5.41, 5.74) is 0. The fraction of sp³-hybridized carbons (Fsp3) is 0.750. The molecule has 3 aliphatic rings. The minimum atomic E-state index is -3.43. The molecule has 1 aromatic heterocycles. The average Bonchev–Trinajstić information content (AvgIpc) is 3.49. The minimum absolute atomic E-state index is 0.0481. The van der Waals surface area contributed by atoms with Gasteiger partial charge in [0.15, 0.2) is 0 Å². The van der Waals surface area contributed by atoms with Gasteiger partial charge >= 0.3 is 0 Å². The van der Waals surface area contributed by atoms with Gasteiger partial charge in [-0.05, 0) is 57.3 Å². The summed E-state index contributed by atoms with van der Waals surface area (Å²) in [4.78, 5) is 21.4. The van der Waals surface area contributed by atoms with Crippen LogP contribution in [0.1, 0.15) is 45.4 Å². The number of sulfonamides is 1. The molecule has 2 heterocycles. The van der Waals surface area contributed by atoms with Gasteiger partial charge in [-0.1, -0.05) is 0 Å². The first-order chi connectivity index (χ1) is 14.2. The van der Waals surface area contributed by atoms with Gasteiger partial charge < -0.3 is 10.6 Å². The second kappa shape index (κ2) is 8.49. The van der Waals surface area contributed by atoms with Gasteiger partial charge in [0.1, 0.15) is 5.82 Å². The molecule has 166 valence electrons. The molecular formula is C20H30ClN5O3S. The number of rotatable bonds is 7. The molecule has 0 spiro atoms. The second-order valence-electron chi connectivity index (χ2n) is 9.04. The number of hydrogen-bond acceptors (Lipinski definition) is 6. The van der Waals surface area contributed by atoms with Crippen LogP contribution in [0.2, 0.25) is 0 Å². The van der Waals surface area contributed by atoms with Gasteiger partial charge in [-0.3, -0.25) is 9.10 Å². The Labute approximate surface area is 183 Å². The third-order valence-corrected chi connectivity index (χ3v) is 8.05. The molecule has 0 aromatic carbocycles. The van der Waals surface area contributed by atoms with E-state index in [0.29, 0.717) is 30.1 Å². The van der Waals surface area contributed by atoms with Gasteiger partial charge in [0.05, 0.1) is 12.2 Å². The van der Waals surface area contributed by atoms with Crippen LogP contribution in [-0.4, -0.2) is 54.6 Å². The molecule has 2 saturated carbocycles. The molecule has 0 radical (unpaired) electrons. The average molecular weight is 456 g/mol. The van der Waals surface area contributed by atoms with Gasteiger partial charge in [-0.2, -0.15) is 4.98 Å². The molecule has 5 atom stereocenters. The third kappa shape index (κ3) is 4.99. The van der Waals surface area contributed by atoms with Crippen LogP contribution in [0.3, 0.4) is 0 Å². The number of nitrogens with one attached hydrogen (secondary N) is 2. The highest BCUT2D eigenvalue weighted by Gasteiger charge is 2.41. The standard InChI is InChI=1S/C20H30ClN5O3S/c1-12(16-10-14-9-15(21)5-6-17(14)24-19(16)27)23-20-22-8-7-18(25-20)26(30(2,28)29)11-13-3-4-13/h7-8,12-17H,3-6,9-11H2,1-2H3,(H,24,27)(H,22,23,25)/t12-,14?,15?,16?,17?/m0/s1. The van der Waals surface area contributed by atoms with E-state index >= 15 is 0 Å². The number of hydrogen-bond donors (Lipinski definition) is 2. The Hall–Kier alpha value is -1.61. The van der Waals surface area contributed by atoms with Crippen LogP contribution >= 0.6 is 11.6 Å². The summed E-state index contributed by atoms with van der Waals surface area (Å²) in [6.07, 6.45) is 8.43. The van der Waals surface area contributed by atoms with Gasteiger partial charge in [-0.15, -0.1) is 11.6 Å². The van der Waals surface area contributed by atoms with Crippen LogP contribution in [0.4, 0.5) is 11.8 Å². The van der Waals surface area contributed by atoms with Crippen molar-refractivity contribution in [1.82, 2.24) is 15.3 Å². The van der Waals surface area contributed by atoms with E-state index in [9.17, 15) is 13.2 Å². The van der Waals surface area contributed by atoms with Crippen LogP contribution in [0.25, 0.3) is 0 Å². The summed E-state index contributed by atoms with van der Waals surface area (Å²) in [5, 5.41) is 6.57. The first-order valence-corrected chi connectivity index (χ1v) is 13.0. The van der Waals surface area contributed by atoms with Crippen LogP contribution in [0.15, 0.2) is 12.3 Å². The molecular weight excluding hydrogens is 426 g/mol. The predicted molar refractivity (Wildman–Crippen MR) is 117 cm³/mol. The number of aromatic nitrogens is 2. The molecule has 1 aliphatic heterocycles. The van der Waals surface area contributed by atoms with Crippen LogP contribution < -0.4 is 14.9 Å². The summed E-state index contributed by atoms with van der Waals surface area (Å²) in [5.74, 6) is 1.31. The lowest BCUT2D eigenvalue weighted by molar-refractivity contribution is -0.130. The lowest BCUT2D eigenvalue weighted by Gasteiger charge is -2.42. The van der Waals surface area contributed by atoms with Gasteiger partial charge in [0.2, 0.25) is 21.9 Å². The number of halogens is 1. The van der Waals surface area contributed by atoms with Crippen molar-refractivity contribution in [3.8, 4) is 0 Å². The Morgan fingerprint density at radius 2 is 2.07 bits per heavy atom. The van der Waals surface area contributed by atoms with E-state index < -0.39 is 10.0 Å². The zero-order valence-corrected chi connectivity index (χ0v) is 19.0. The zero-order valence-electron chi connectivity index (χ0n) is 17.4. The number of amides is 1. The van der Waals surface area contributed by atoms with E-state index in [1.807, 2.05) is 6.92 Å². The van der Waals surface area contributed by atoms with E-state index in [-0.39, 0.29) is 29.3 Å². The quantitative estimate of drug-likeness (QED) is 0.611. The first kappa shape index (κ1) is 21.6. The van der Waals surface area contributed by atoms with Crippen LogP contribution in [0.5, 0.6) is 0 Å². The maximum absolute atomic E-state index is 12.7. The smallest absolute Gasteiger partial charge is 0.233 e. The molecule has 3 fully saturated rings. The highest BCUT2D eigenvalue weighted by atomic mass is 35.5. The van der Waals surface area contributed by atoms with E-state index in [2.05, 4.69) is 20.6 Å². The number of anilines is 2. The summed E-state index contributed by atoms with van der Waals surface area (Å²) < 4.78 is 25.9. The minimum Gasteiger partial charge on any atom is -0.353 e. The largest absolute Gasteiger partial charge is 0.353 e. The van der Waals surface area contributed by atoms with Crippen molar-refractivity contribution < 1.29 is 13.2 Å².